The molecule has 0 atom stereocenters. The summed E-state index contributed by atoms with van der Waals surface area (Å²) >= 11 is 0. The van der Waals surface area contributed by atoms with E-state index in [1.54, 1.807) is 0 Å². The van der Waals surface area contributed by atoms with E-state index in [1.807, 2.05) is 13.8 Å². The Morgan fingerprint density at radius 1 is 0.765 bits per heavy atom. The molecule has 0 saturated heterocycles. The number of carboxylic acid groups (broad SMARTS) is 2. The summed E-state index contributed by atoms with van der Waals surface area (Å²) in [6.45, 7) is 4.07. The number of unbranched alkanes of at least 4 members (excludes halogenated alkanes) is 4. The predicted octanol–water partition coefficient (Wildman–Crippen LogP) is 0.631. The van der Waals surface area contributed by atoms with Crippen LogP contribution in [0.4, 0.5) is 0 Å². The molecule has 5 heteroatoms. The van der Waals surface area contributed by atoms with E-state index in [9.17, 15) is 19.8 Å². The van der Waals surface area contributed by atoms with E-state index in [0.29, 0.717) is 0 Å². The molecule has 0 rings (SSSR count). The standard InChI is InChI=1S/2C6H12O2.Ru/c2*1-2-3-4-5-6(7)8;/h2*2-5H2,1H3,(H,7,8);/q;;+2/p-2. The van der Waals surface area contributed by atoms with E-state index in [1.165, 1.54) is 0 Å². The first-order valence-electron chi connectivity index (χ1n) is 5.94. The molecule has 0 heterocycles. The Morgan fingerprint density at radius 2 is 1.06 bits per heavy atom. The zero-order valence-corrected chi connectivity index (χ0v) is 12.4. The molecule has 0 saturated carbocycles. The number of hydrogen-bond acceptors (Lipinski definition) is 4. The molecule has 0 unspecified atom stereocenters. The van der Waals surface area contributed by atoms with Crippen molar-refractivity contribution in [1.82, 2.24) is 0 Å². The molecule has 0 aliphatic rings. The van der Waals surface area contributed by atoms with Gasteiger partial charge in [0.2, 0.25) is 0 Å². The molecule has 0 aliphatic carbocycles. The van der Waals surface area contributed by atoms with Crippen LogP contribution in [0.25, 0.3) is 0 Å². The monoisotopic (exact) mass is 332 g/mol. The summed E-state index contributed by atoms with van der Waals surface area (Å²) in [5, 5.41) is 19.5. The molecule has 0 aliphatic heterocycles. The van der Waals surface area contributed by atoms with Gasteiger partial charge in [-0.15, -0.1) is 0 Å². The average molecular weight is 331 g/mol. The quantitative estimate of drug-likeness (QED) is 0.483. The van der Waals surface area contributed by atoms with Crippen LogP contribution in [-0.2, 0) is 29.1 Å². The Hall–Kier alpha value is -0.437. The van der Waals surface area contributed by atoms with Gasteiger partial charge in [0.25, 0.3) is 0 Å². The van der Waals surface area contributed by atoms with E-state index in [2.05, 4.69) is 0 Å². The summed E-state index contributed by atoms with van der Waals surface area (Å²) < 4.78 is 0. The molecule has 0 fully saturated rings. The fourth-order valence-electron chi connectivity index (χ4n) is 1.04. The number of rotatable bonds is 8. The fourth-order valence-corrected chi connectivity index (χ4v) is 1.04. The maximum absolute atomic E-state index is 9.76. The molecular weight excluding hydrogens is 309 g/mol. The smallest absolute Gasteiger partial charge is 0.550 e. The van der Waals surface area contributed by atoms with Gasteiger partial charge < -0.3 is 19.8 Å². The zero-order chi connectivity index (χ0) is 12.8. The van der Waals surface area contributed by atoms with Crippen LogP contribution in [-0.4, -0.2) is 11.9 Å². The molecule has 0 spiro atoms. The molecule has 102 valence electrons. The molecule has 0 radical (unpaired) electrons. The summed E-state index contributed by atoms with van der Waals surface area (Å²) in [5.41, 5.74) is 0. The second-order valence-corrected chi connectivity index (χ2v) is 3.66. The van der Waals surface area contributed by atoms with Crippen molar-refractivity contribution in [2.45, 2.75) is 65.2 Å². The minimum atomic E-state index is -0.932. The summed E-state index contributed by atoms with van der Waals surface area (Å²) in [5.74, 6) is -1.86. The van der Waals surface area contributed by atoms with Gasteiger partial charge in [-0.2, -0.15) is 0 Å². The van der Waals surface area contributed by atoms with Crippen molar-refractivity contribution in [3.05, 3.63) is 0 Å². The van der Waals surface area contributed by atoms with Gasteiger partial charge in [0.15, 0.2) is 0 Å². The second-order valence-electron chi connectivity index (χ2n) is 3.66. The summed E-state index contributed by atoms with van der Waals surface area (Å²) in [4.78, 5) is 19.5. The maximum Gasteiger partial charge on any atom is 2.00 e. The third kappa shape index (κ3) is 31.3. The first kappa shape index (κ1) is 21.8. The van der Waals surface area contributed by atoms with Gasteiger partial charge in [-0.25, -0.2) is 0 Å². The van der Waals surface area contributed by atoms with Gasteiger partial charge in [0, 0.05) is 11.9 Å². The van der Waals surface area contributed by atoms with E-state index < -0.39 is 11.9 Å². The van der Waals surface area contributed by atoms with Crippen molar-refractivity contribution in [2.24, 2.45) is 0 Å². The van der Waals surface area contributed by atoms with Gasteiger partial charge in [0.05, 0.1) is 0 Å². The SMILES string of the molecule is CCCCCC(=O)[O-].CCCCCC(=O)[O-].[Ru+2]. The molecular formula is C12H22O4Ru. The summed E-state index contributed by atoms with van der Waals surface area (Å²) in [6.07, 6.45) is 6.07. The normalized spacial score (nSPS) is 8.59. The minimum absolute atomic E-state index is 0. The molecule has 17 heavy (non-hydrogen) atoms. The van der Waals surface area contributed by atoms with Crippen molar-refractivity contribution in [3.8, 4) is 0 Å². The molecule has 0 bridgehead atoms. The average Bonchev–Trinajstić information content (AvgIpc) is 2.18. The number of carbonyl (C=O) groups excluding carboxylic acids is 2. The Morgan fingerprint density at radius 3 is 1.24 bits per heavy atom. The third-order valence-electron chi connectivity index (χ3n) is 1.97. The minimum Gasteiger partial charge on any atom is -0.550 e. The van der Waals surface area contributed by atoms with Gasteiger partial charge in [-0.05, 0) is 25.7 Å². The van der Waals surface area contributed by atoms with Gasteiger partial charge in [-0.1, -0.05) is 39.5 Å². The van der Waals surface area contributed by atoms with Crippen molar-refractivity contribution in [2.75, 3.05) is 0 Å². The fraction of sp³-hybridized carbons (Fsp3) is 0.833. The van der Waals surface area contributed by atoms with E-state index in [0.717, 1.165) is 38.5 Å². The first-order chi connectivity index (χ1) is 7.54. The van der Waals surface area contributed by atoms with Crippen LogP contribution >= 0.6 is 0 Å². The predicted molar refractivity (Wildman–Crippen MR) is 58.3 cm³/mol. The summed E-state index contributed by atoms with van der Waals surface area (Å²) in [7, 11) is 0. The van der Waals surface area contributed by atoms with E-state index in [4.69, 9.17) is 0 Å². The van der Waals surface area contributed by atoms with Gasteiger partial charge in [-0.3, -0.25) is 0 Å². The van der Waals surface area contributed by atoms with Gasteiger partial charge >= 0.3 is 19.5 Å². The zero-order valence-electron chi connectivity index (χ0n) is 10.6. The Kier molecular flexibility index (Phi) is 23.0. The van der Waals surface area contributed by atoms with Crippen LogP contribution in [0.3, 0.4) is 0 Å². The van der Waals surface area contributed by atoms with E-state index in [-0.39, 0.29) is 32.3 Å². The Balaban J connectivity index is -0.000000218. The van der Waals surface area contributed by atoms with Crippen LogP contribution < -0.4 is 10.2 Å². The number of aliphatic carboxylic acids is 2. The molecule has 0 aromatic heterocycles. The maximum atomic E-state index is 9.76. The van der Waals surface area contributed by atoms with Crippen LogP contribution in [0.2, 0.25) is 0 Å². The summed E-state index contributed by atoms with van der Waals surface area (Å²) in [6, 6.07) is 0. The second kappa shape index (κ2) is 17.9. The van der Waals surface area contributed by atoms with Crippen LogP contribution in [0, 0.1) is 0 Å². The molecule has 4 nitrogen and oxygen atoms in total. The van der Waals surface area contributed by atoms with Crippen LogP contribution in [0.5, 0.6) is 0 Å². The van der Waals surface area contributed by atoms with Gasteiger partial charge in [0.1, 0.15) is 0 Å². The Bertz CT molecular complexity index is 163. The molecule has 0 N–H and O–H groups in total. The topological polar surface area (TPSA) is 80.3 Å². The third-order valence-corrected chi connectivity index (χ3v) is 1.97. The Labute approximate surface area is 117 Å². The first-order valence-corrected chi connectivity index (χ1v) is 5.94. The van der Waals surface area contributed by atoms with Crippen molar-refractivity contribution in [3.63, 3.8) is 0 Å². The van der Waals surface area contributed by atoms with Crippen LogP contribution in [0.15, 0.2) is 0 Å². The van der Waals surface area contributed by atoms with Crippen molar-refractivity contribution < 1.29 is 39.3 Å². The van der Waals surface area contributed by atoms with Crippen molar-refractivity contribution in [1.29, 1.82) is 0 Å². The van der Waals surface area contributed by atoms with E-state index >= 15 is 0 Å². The molecule has 0 aromatic carbocycles. The number of carbonyl (C=O) groups is 2. The number of hydrogen-bond donors (Lipinski definition) is 0. The van der Waals surface area contributed by atoms with Crippen LogP contribution in [0.1, 0.15) is 65.2 Å². The molecule has 0 aromatic rings. The number of carboxylic acids is 2. The van der Waals surface area contributed by atoms with Crippen molar-refractivity contribution >= 4 is 11.9 Å². The largest absolute Gasteiger partial charge is 2.00 e. The molecule has 0 amide bonds.